The Balaban J connectivity index is 2.10. The van der Waals surface area contributed by atoms with Gasteiger partial charge in [-0.1, -0.05) is 0 Å². The molecule has 2 N–H and O–H groups in total. The van der Waals surface area contributed by atoms with Crippen LogP contribution in [0.2, 0.25) is 0 Å². The van der Waals surface area contributed by atoms with Crippen LogP contribution in [0.1, 0.15) is 44.8 Å². The molecule has 3 aromatic rings. The Kier molecular flexibility index (Phi) is 6.76. The Labute approximate surface area is 177 Å². The molecule has 0 bridgehead atoms. The molecule has 0 saturated carbocycles. The average Bonchev–Trinajstić information content (AvgIpc) is 3.12. The number of ether oxygens (including phenoxy) is 1. The van der Waals surface area contributed by atoms with Crippen LogP contribution in [0.5, 0.6) is 5.88 Å². The van der Waals surface area contributed by atoms with Crippen LogP contribution in [0, 0.1) is 5.41 Å². The van der Waals surface area contributed by atoms with Gasteiger partial charge in [-0.2, -0.15) is 5.10 Å². The minimum absolute atomic E-state index is 0.208. The van der Waals surface area contributed by atoms with Gasteiger partial charge in [0.15, 0.2) is 5.82 Å². The summed E-state index contributed by atoms with van der Waals surface area (Å²) in [6.45, 7) is 8.37. The van der Waals surface area contributed by atoms with Gasteiger partial charge in [-0.15, -0.1) is 0 Å². The molecule has 0 aliphatic carbocycles. The highest BCUT2D eigenvalue weighted by molar-refractivity contribution is 6.01. The standard InChI is InChI=1S/C22H29N7O/c1-6-30-22-17(8-7-11-24-22)18-12-16(9-10-19-25-13-29(5)28-19)21(26-14(2)3)20(27-18)15(4)23/h7-8,11-14,23,26H,6,9-10H2,1-5H3. The van der Waals surface area contributed by atoms with Crippen molar-refractivity contribution in [2.24, 2.45) is 7.05 Å². The maximum atomic E-state index is 8.33. The average molecular weight is 408 g/mol. The van der Waals surface area contributed by atoms with Crippen LogP contribution in [-0.2, 0) is 19.9 Å². The zero-order chi connectivity index (χ0) is 21.7. The first-order chi connectivity index (χ1) is 14.4. The molecule has 8 nitrogen and oxygen atoms in total. The number of nitrogens with zero attached hydrogens (tertiary/aromatic N) is 5. The van der Waals surface area contributed by atoms with Crippen LogP contribution in [0.15, 0.2) is 30.7 Å². The second-order valence-corrected chi connectivity index (χ2v) is 7.44. The van der Waals surface area contributed by atoms with E-state index >= 15 is 0 Å². The van der Waals surface area contributed by atoms with Gasteiger partial charge in [-0.3, -0.25) is 4.68 Å². The van der Waals surface area contributed by atoms with Crippen LogP contribution in [0.4, 0.5) is 5.69 Å². The number of hydrogen-bond donors (Lipinski definition) is 2. The molecule has 0 fully saturated rings. The fraction of sp³-hybridized carbons (Fsp3) is 0.409. The molecule has 0 atom stereocenters. The number of pyridine rings is 2. The summed E-state index contributed by atoms with van der Waals surface area (Å²) in [6.07, 6.45) is 4.83. The predicted molar refractivity (Wildman–Crippen MR) is 118 cm³/mol. The lowest BCUT2D eigenvalue weighted by atomic mass is 10.0. The van der Waals surface area contributed by atoms with E-state index < -0.39 is 0 Å². The SMILES string of the molecule is CCOc1ncccc1-c1cc(CCc2ncn(C)n2)c(NC(C)C)c(C(C)=N)n1. The molecule has 0 radical (unpaired) electrons. The highest BCUT2D eigenvalue weighted by atomic mass is 16.5. The van der Waals surface area contributed by atoms with Crippen molar-refractivity contribution in [3.05, 3.63) is 47.8 Å². The van der Waals surface area contributed by atoms with Crippen molar-refractivity contribution in [3.8, 4) is 17.1 Å². The lowest BCUT2D eigenvalue weighted by molar-refractivity contribution is 0.328. The minimum Gasteiger partial charge on any atom is -0.477 e. The summed E-state index contributed by atoms with van der Waals surface area (Å²) in [7, 11) is 1.86. The van der Waals surface area contributed by atoms with Crippen molar-refractivity contribution in [1.82, 2.24) is 24.7 Å². The van der Waals surface area contributed by atoms with E-state index in [1.54, 1.807) is 24.1 Å². The lowest BCUT2D eigenvalue weighted by Gasteiger charge is -2.20. The summed E-state index contributed by atoms with van der Waals surface area (Å²) in [4.78, 5) is 13.5. The fourth-order valence-electron chi connectivity index (χ4n) is 3.24. The van der Waals surface area contributed by atoms with Crippen LogP contribution in [0.3, 0.4) is 0 Å². The normalized spacial score (nSPS) is 11.0. The van der Waals surface area contributed by atoms with Gasteiger partial charge in [0.1, 0.15) is 12.0 Å². The van der Waals surface area contributed by atoms with Crippen molar-refractivity contribution in [2.45, 2.75) is 46.6 Å². The first-order valence-corrected chi connectivity index (χ1v) is 10.2. The topological polar surface area (TPSA) is 102 Å². The van der Waals surface area contributed by atoms with E-state index in [2.05, 4.69) is 40.3 Å². The number of aromatic nitrogens is 5. The Morgan fingerprint density at radius 3 is 2.70 bits per heavy atom. The van der Waals surface area contributed by atoms with Gasteiger partial charge in [0.05, 0.1) is 29.3 Å². The van der Waals surface area contributed by atoms with Crippen LogP contribution in [0.25, 0.3) is 11.3 Å². The molecule has 0 unspecified atom stereocenters. The number of hydrogen-bond acceptors (Lipinski definition) is 7. The zero-order valence-corrected chi connectivity index (χ0v) is 18.2. The summed E-state index contributed by atoms with van der Waals surface area (Å²) in [5, 5.41) is 16.2. The smallest absolute Gasteiger partial charge is 0.222 e. The van der Waals surface area contributed by atoms with Crippen molar-refractivity contribution in [2.75, 3.05) is 11.9 Å². The summed E-state index contributed by atoms with van der Waals surface area (Å²) >= 11 is 0. The molecule has 0 aromatic carbocycles. The Hall–Kier alpha value is -3.29. The highest BCUT2D eigenvalue weighted by Gasteiger charge is 2.19. The van der Waals surface area contributed by atoms with Gasteiger partial charge in [0.25, 0.3) is 0 Å². The molecule has 3 rings (SSSR count). The molecule has 8 heteroatoms. The highest BCUT2D eigenvalue weighted by Crippen LogP contribution is 2.32. The summed E-state index contributed by atoms with van der Waals surface area (Å²) in [5.74, 6) is 1.33. The van der Waals surface area contributed by atoms with Gasteiger partial charge in [0, 0.05) is 25.7 Å². The number of rotatable bonds is 9. The largest absolute Gasteiger partial charge is 0.477 e. The maximum absolute atomic E-state index is 8.33. The summed E-state index contributed by atoms with van der Waals surface area (Å²) < 4.78 is 7.42. The van der Waals surface area contributed by atoms with Crippen molar-refractivity contribution >= 4 is 11.4 Å². The molecule has 0 aliphatic rings. The second kappa shape index (κ2) is 9.47. The van der Waals surface area contributed by atoms with E-state index in [0.717, 1.165) is 34.8 Å². The first-order valence-electron chi connectivity index (χ1n) is 10.2. The third-order valence-electron chi connectivity index (χ3n) is 4.48. The third kappa shape index (κ3) is 5.00. The van der Waals surface area contributed by atoms with E-state index in [1.807, 2.05) is 26.1 Å². The van der Waals surface area contributed by atoms with Gasteiger partial charge < -0.3 is 15.5 Å². The fourth-order valence-corrected chi connectivity index (χ4v) is 3.24. The monoisotopic (exact) mass is 407 g/mol. The Morgan fingerprint density at radius 1 is 1.27 bits per heavy atom. The molecule has 0 aliphatic heterocycles. The van der Waals surface area contributed by atoms with E-state index in [-0.39, 0.29) is 6.04 Å². The molecule has 3 heterocycles. The summed E-state index contributed by atoms with van der Waals surface area (Å²) in [5.41, 5.74) is 4.55. The van der Waals surface area contributed by atoms with Crippen molar-refractivity contribution in [1.29, 1.82) is 5.41 Å². The molecular formula is C22H29N7O. The molecule has 0 spiro atoms. The first kappa shape index (κ1) is 21.4. The van der Waals surface area contributed by atoms with E-state index in [4.69, 9.17) is 15.1 Å². The quantitative estimate of drug-likeness (QED) is 0.525. The van der Waals surface area contributed by atoms with Gasteiger partial charge in [-0.25, -0.2) is 15.0 Å². The predicted octanol–water partition coefficient (Wildman–Crippen LogP) is 3.66. The van der Waals surface area contributed by atoms with Gasteiger partial charge in [0.2, 0.25) is 5.88 Å². The number of anilines is 1. The lowest BCUT2D eigenvalue weighted by Crippen LogP contribution is -2.17. The van der Waals surface area contributed by atoms with Crippen LogP contribution < -0.4 is 10.1 Å². The Bertz CT molecular complexity index is 1030. The van der Waals surface area contributed by atoms with E-state index in [0.29, 0.717) is 30.3 Å². The minimum atomic E-state index is 0.208. The third-order valence-corrected chi connectivity index (χ3v) is 4.48. The maximum Gasteiger partial charge on any atom is 0.222 e. The molecule has 30 heavy (non-hydrogen) atoms. The number of aryl methyl sites for hydroxylation is 3. The molecule has 0 saturated heterocycles. The van der Waals surface area contributed by atoms with Gasteiger partial charge in [-0.05, 0) is 57.9 Å². The Morgan fingerprint density at radius 2 is 2.07 bits per heavy atom. The molecule has 3 aromatic heterocycles. The van der Waals surface area contributed by atoms with Crippen LogP contribution in [-0.4, -0.2) is 43.1 Å². The number of nitrogens with one attached hydrogen (secondary N) is 2. The van der Waals surface area contributed by atoms with Crippen LogP contribution >= 0.6 is 0 Å². The summed E-state index contributed by atoms with van der Waals surface area (Å²) in [6, 6.07) is 6.08. The molecule has 158 valence electrons. The van der Waals surface area contributed by atoms with Gasteiger partial charge >= 0.3 is 0 Å². The van der Waals surface area contributed by atoms with E-state index in [1.165, 1.54) is 0 Å². The molecule has 0 amide bonds. The zero-order valence-electron chi connectivity index (χ0n) is 18.2. The van der Waals surface area contributed by atoms with Crippen molar-refractivity contribution in [3.63, 3.8) is 0 Å². The van der Waals surface area contributed by atoms with Crippen molar-refractivity contribution < 1.29 is 4.74 Å². The van der Waals surface area contributed by atoms with E-state index in [9.17, 15) is 0 Å². The molecular weight excluding hydrogens is 378 g/mol. The second-order valence-electron chi connectivity index (χ2n) is 7.44.